The molecule has 208 valence electrons. The van der Waals surface area contributed by atoms with Crippen LogP contribution in [0.3, 0.4) is 0 Å². The number of rotatable bonds is 15. The topological polar surface area (TPSA) is 113 Å². The number of hydrogen-bond donors (Lipinski definition) is 1. The molecule has 2 aromatic rings. The van der Waals surface area contributed by atoms with Crippen LogP contribution in [0.4, 0.5) is 0 Å². The Kier molecular flexibility index (Phi) is 11.4. The summed E-state index contributed by atoms with van der Waals surface area (Å²) in [7, 11) is -4.69. The van der Waals surface area contributed by atoms with Gasteiger partial charge >= 0.3 is 0 Å². The van der Waals surface area contributed by atoms with Crippen LogP contribution < -0.4 is 9.47 Å². The third-order valence-corrected chi connectivity index (χ3v) is 9.38. The zero-order valence-corrected chi connectivity index (χ0v) is 24.1. The standard InChI is InChI=1S/C26H40N2O7S2/c1-20(2)17-27(36(30,31)25-11-7-23(34-5)8-12-25)16-15-22(29)19-28(18-21(3)4)37(32,33)26-13-9-24(35-6)10-14-26/h7-14,20-22,29H,15-19H2,1-6H3/t22-/m0/s1. The fourth-order valence-electron chi connectivity index (χ4n) is 3.81. The summed E-state index contributed by atoms with van der Waals surface area (Å²) in [5.74, 6) is 1.16. The molecule has 11 heteroatoms. The Morgan fingerprint density at radius 1 is 0.676 bits per heavy atom. The van der Waals surface area contributed by atoms with E-state index >= 15 is 0 Å². The van der Waals surface area contributed by atoms with E-state index < -0.39 is 26.2 Å². The molecule has 0 unspecified atom stereocenters. The van der Waals surface area contributed by atoms with Gasteiger partial charge in [-0.25, -0.2) is 16.8 Å². The van der Waals surface area contributed by atoms with Crippen molar-refractivity contribution in [3.05, 3.63) is 48.5 Å². The van der Waals surface area contributed by atoms with E-state index in [2.05, 4.69) is 0 Å². The molecule has 0 saturated heterocycles. The first kappa shape index (κ1) is 31.0. The summed E-state index contributed by atoms with van der Waals surface area (Å²) in [6, 6.07) is 12.2. The molecule has 37 heavy (non-hydrogen) atoms. The molecule has 2 rings (SSSR count). The highest BCUT2D eigenvalue weighted by molar-refractivity contribution is 7.89. The van der Waals surface area contributed by atoms with Crippen LogP contribution in [0.1, 0.15) is 34.1 Å². The molecule has 0 aliphatic carbocycles. The molecular formula is C26H40N2O7S2. The van der Waals surface area contributed by atoms with Crippen molar-refractivity contribution in [2.75, 3.05) is 40.4 Å². The summed E-state index contributed by atoms with van der Waals surface area (Å²) in [5, 5.41) is 10.8. The van der Waals surface area contributed by atoms with Crippen molar-refractivity contribution in [3.8, 4) is 11.5 Å². The molecule has 0 aliphatic heterocycles. The molecule has 0 aromatic heterocycles. The summed E-state index contributed by atoms with van der Waals surface area (Å²) >= 11 is 0. The normalized spacial score (nSPS) is 13.5. The highest BCUT2D eigenvalue weighted by atomic mass is 32.2. The summed E-state index contributed by atoms with van der Waals surface area (Å²) in [6.07, 6.45) is -0.984. The van der Waals surface area contributed by atoms with Crippen LogP contribution in [0.25, 0.3) is 0 Å². The van der Waals surface area contributed by atoms with E-state index in [1.165, 1.54) is 47.1 Å². The zero-order valence-electron chi connectivity index (χ0n) is 22.5. The minimum atomic E-state index is -3.88. The average molecular weight is 557 g/mol. The molecule has 9 nitrogen and oxygen atoms in total. The predicted octanol–water partition coefficient (Wildman–Crippen LogP) is 3.45. The second kappa shape index (κ2) is 13.6. The fraction of sp³-hybridized carbons (Fsp3) is 0.538. The number of nitrogens with zero attached hydrogens (tertiary/aromatic N) is 2. The molecule has 0 aliphatic rings. The van der Waals surface area contributed by atoms with Gasteiger partial charge in [0.2, 0.25) is 20.0 Å². The van der Waals surface area contributed by atoms with Gasteiger partial charge in [0.05, 0.1) is 30.1 Å². The first-order chi connectivity index (χ1) is 17.3. The maximum absolute atomic E-state index is 13.3. The van der Waals surface area contributed by atoms with E-state index in [1.54, 1.807) is 24.3 Å². The van der Waals surface area contributed by atoms with E-state index in [4.69, 9.17) is 9.47 Å². The average Bonchev–Trinajstić information content (AvgIpc) is 2.85. The van der Waals surface area contributed by atoms with Gasteiger partial charge < -0.3 is 14.6 Å². The van der Waals surface area contributed by atoms with Crippen LogP contribution in [0.2, 0.25) is 0 Å². The Hall–Kier alpha value is -2.18. The SMILES string of the molecule is COc1ccc(S(=O)(=O)N(CC[C@H](O)CN(CC(C)C)S(=O)(=O)c2ccc(OC)cc2)CC(C)C)cc1. The van der Waals surface area contributed by atoms with Crippen LogP contribution >= 0.6 is 0 Å². The zero-order chi connectivity index (χ0) is 27.8. The Labute approximate surface area is 222 Å². The predicted molar refractivity (Wildman–Crippen MR) is 144 cm³/mol. The Balaban J connectivity index is 2.20. The van der Waals surface area contributed by atoms with Crippen molar-refractivity contribution in [1.82, 2.24) is 8.61 Å². The quantitative estimate of drug-likeness (QED) is 0.357. The van der Waals surface area contributed by atoms with E-state index in [9.17, 15) is 21.9 Å². The van der Waals surface area contributed by atoms with Gasteiger partial charge in [-0.3, -0.25) is 0 Å². The van der Waals surface area contributed by atoms with Crippen LogP contribution in [0.5, 0.6) is 11.5 Å². The number of ether oxygens (including phenoxy) is 2. The lowest BCUT2D eigenvalue weighted by Crippen LogP contribution is -2.42. The van der Waals surface area contributed by atoms with Crippen molar-refractivity contribution < 1.29 is 31.4 Å². The summed E-state index contributed by atoms with van der Waals surface area (Å²) in [4.78, 5) is 0.233. The Morgan fingerprint density at radius 2 is 1.05 bits per heavy atom. The molecule has 0 amide bonds. The van der Waals surface area contributed by atoms with Crippen molar-refractivity contribution >= 4 is 20.0 Å². The van der Waals surface area contributed by atoms with Crippen LogP contribution in [-0.2, 0) is 20.0 Å². The number of aliphatic hydroxyl groups is 1. The highest BCUT2D eigenvalue weighted by Gasteiger charge is 2.30. The van der Waals surface area contributed by atoms with Gasteiger partial charge in [-0.05, 0) is 66.8 Å². The number of aliphatic hydroxyl groups excluding tert-OH is 1. The lowest BCUT2D eigenvalue weighted by Gasteiger charge is -2.28. The summed E-state index contributed by atoms with van der Waals surface area (Å²) in [5.41, 5.74) is 0. The lowest BCUT2D eigenvalue weighted by atomic mass is 10.2. The van der Waals surface area contributed by atoms with E-state index in [0.29, 0.717) is 11.5 Å². The van der Waals surface area contributed by atoms with Crippen molar-refractivity contribution in [1.29, 1.82) is 0 Å². The lowest BCUT2D eigenvalue weighted by molar-refractivity contribution is 0.125. The number of methoxy groups -OCH3 is 2. The maximum atomic E-state index is 13.3. The Morgan fingerprint density at radius 3 is 1.43 bits per heavy atom. The monoisotopic (exact) mass is 556 g/mol. The largest absolute Gasteiger partial charge is 0.497 e. The number of sulfonamides is 2. The van der Waals surface area contributed by atoms with Gasteiger partial charge in [-0.1, -0.05) is 27.7 Å². The Bertz CT molecular complexity index is 1180. The summed E-state index contributed by atoms with van der Waals surface area (Å²) < 4.78 is 66.2. The molecule has 0 bridgehead atoms. The van der Waals surface area contributed by atoms with E-state index in [0.717, 1.165) is 0 Å². The van der Waals surface area contributed by atoms with Crippen LogP contribution in [-0.4, -0.2) is 77.1 Å². The van der Waals surface area contributed by atoms with Gasteiger partial charge in [0.25, 0.3) is 0 Å². The van der Waals surface area contributed by atoms with Crippen molar-refractivity contribution in [2.24, 2.45) is 11.8 Å². The van der Waals surface area contributed by atoms with Gasteiger partial charge in [0.1, 0.15) is 11.5 Å². The minimum absolute atomic E-state index is 0.0214. The molecule has 1 atom stereocenters. The molecule has 0 radical (unpaired) electrons. The third kappa shape index (κ3) is 8.68. The molecule has 0 spiro atoms. The highest BCUT2D eigenvalue weighted by Crippen LogP contribution is 2.23. The van der Waals surface area contributed by atoms with Crippen molar-refractivity contribution in [2.45, 2.75) is 50.0 Å². The fourth-order valence-corrected chi connectivity index (χ4v) is 7.07. The molecule has 2 aromatic carbocycles. The van der Waals surface area contributed by atoms with Crippen molar-refractivity contribution in [3.63, 3.8) is 0 Å². The summed E-state index contributed by atoms with van der Waals surface area (Å²) in [6.45, 7) is 8.00. The second-order valence-electron chi connectivity index (χ2n) is 9.77. The number of hydrogen-bond acceptors (Lipinski definition) is 7. The molecule has 1 N–H and O–H groups in total. The molecular weight excluding hydrogens is 516 g/mol. The molecule has 0 saturated carbocycles. The second-order valence-corrected chi connectivity index (χ2v) is 13.6. The third-order valence-electron chi connectivity index (χ3n) is 5.66. The van der Waals surface area contributed by atoms with Gasteiger partial charge in [0, 0.05) is 26.2 Å². The minimum Gasteiger partial charge on any atom is -0.497 e. The van der Waals surface area contributed by atoms with Gasteiger partial charge in [-0.2, -0.15) is 8.61 Å². The molecule has 0 heterocycles. The van der Waals surface area contributed by atoms with Gasteiger partial charge in [-0.15, -0.1) is 0 Å². The first-order valence-corrected chi connectivity index (χ1v) is 15.2. The maximum Gasteiger partial charge on any atom is 0.243 e. The smallest absolute Gasteiger partial charge is 0.243 e. The van der Waals surface area contributed by atoms with E-state index in [1.807, 2.05) is 27.7 Å². The van der Waals surface area contributed by atoms with Gasteiger partial charge in [0.15, 0.2) is 0 Å². The van der Waals surface area contributed by atoms with Crippen LogP contribution in [0, 0.1) is 11.8 Å². The molecule has 0 fully saturated rings. The van der Waals surface area contributed by atoms with Crippen LogP contribution in [0.15, 0.2) is 58.3 Å². The first-order valence-electron chi connectivity index (χ1n) is 12.3. The van der Waals surface area contributed by atoms with E-state index in [-0.39, 0.29) is 54.2 Å². The number of benzene rings is 2.